The van der Waals surface area contributed by atoms with Crippen molar-refractivity contribution in [1.29, 1.82) is 5.26 Å². The van der Waals surface area contributed by atoms with Crippen LogP contribution in [0.25, 0.3) is 0 Å². The van der Waals surface area contributed by atoms with Gasteiger partial charge in [0.05, 0.1) is 11.6 Å². The zero-order valence-electron chi connectivity index (χ0n) is 12.3. The summed E-state index contributed by atoms with van der Waals surface area (Å²) in [6, 6.07) is 17.7. The van der Waals surface area contributed by atoms with Gasteiger partial charge in [-0.15, -0.1) is 0 Å². The van der Waals surface area contributed by atoms with Gasteiger partial charge in [-0.25, -0.2) is 0 Å². The van der Waals surface area contributed by atoms with Crippen molar-refractivity contribution in [3.8, 4) is 11.8 Å². The zero-order chi connectivity index (χ0) is 14.9. The maximum absolute atomic E-state index is 8.91. The molecule has 2 rings (SSSR count). The van der Waals surface area contributed by atoms with Crippen molar-refractivity contribution in [2.75, 3.05) is 6.54 Å². The molecule has 0 unspecified atom stereocenters. The van der Waals surface area contributed by atoms with Gasteiger partial charge < -0.3 is 10.1 Å². The lowest BCUT2D eigenvalue weighted by Gasteiger charge is -2.12. The summed E-state index contributed by atoms with van der Waals surface area (Å²) in [5.74, 6) is 0.892. The molecule has 0 bridgehead atoms. The topological polar surface area (TPSA) is 45.0 Å². The van der Waals surface area contributed by atoms with Gasteiger partial charge in [-0.2, -0.15) is 5.26 Å². The molecule has 21 heavy (non-hydrogen) atoms. The fourth-order valence-corrected chi connectivity index (χ4v) is 2.08. The summed E-state index contributed by atoms with van der Waals surface area (Å²) < 4.78 is 5.90. The van der Waals surface area contributed by atoms with Crippen molar-refractivity contribution in [2.45, 2.75) is 26.5 Å². The SMILES string of the molecule is CCCNCc1ccccc1OCc1cccc(C#N)c1. The van der Waals surface area contributed by atoms with E-state index in [-0.39, 0.29) is 0 Å². The van der Waals surface area contributed by atoms with Gasteiger partial charge in [0.25, 0.3) is 0 Å². The van der Waals surface area contributed by atoms with E-state index in [2.05, 4.69) is 24.4 Å². The maximum atomic E-state index is 8.91. The van der Waals surface area contributed by atoms with E-state index in [9.17, 15) is 0 Å². The molecule has 0 spiro atoms. The average molecular weight is 280 g/mol. The van der Waals surface area contributed by atoms with Crippen LogP contribution in [-0.2, 0) is 13.2 Å². The van der Waals surface area contributed by atoms with Gasteiger partial charge in [-0.05, 0) is 36.7 Å². The summed E-state index contributed by atoms with van der Waals surface area (Å²) in [7, 11) is 0. The van der Waals surface area contributed by atoms with Crippen LogP contribution in [0.4, 0.5) is 0 Å². The number of nitriles is 1. The standard InChI is InChI=1S/C18H20N2O/c1-2-10-20-13-17-8-3-4-9-18(17)21-14-16-7-5-6-15(11-16)12-19/h3-9,11,20H,2,10,13-14H2,1H3. The molecule has 0 aromatic heterocycles. The Hall–Kier alpha value is -2.31. The molecular weight excluding hydrogens is 260 g/mol. The zero-order valence-corrected chi connectivity index (χ0v) is 12.3. The summed E-state index contributed by atoms with van der Waals surface area (Å²) >= 11 is 0. The molecule has 2 aromatic carbocycles. The smallest absolute Gasteiger partial charge is 0.124 e. The maximum Gasteiger partial charge on any atom is 0.124 e. The monoisotopic (exact) mass is 280 g/mol. The van der Waals surface area contributed by atoms with Crippen molar-refractivity contribution < 1.29 is 4.74 Å². The van der Waals surface area contributed by atoms with Gasteiger partial charge in [0.1, 0.15) is 12.4 Å². The number of nitrogens with one attached hydrogen (secondary N) is 1. The second-order valence-electron chi connectivity index (χ2n) is 4.89. The molecule has 0 heterocycles. The summed E-state index contributed by atoms with van der Waals surface area (Å²) in [5.41, 5.74) is 2.82. The molecule has 0 aliphatic carbocycles. The highest BCUT2D eigenvalue weighted by molar-refractivity contribution is 5.35. The molecule has 0 saturated heterocycles. The van der Waals surface area contributed by atoms with E-state index in [0.717, 1.165) is 36.4 Å². The minimum atomic E-state index is 0.473. The van der Waals surface area contributed by atoms with Gasteiger partial charge in [-0.1, -0.05) is 37.3 Å². The van der Waals surface area contributed by atoms with Gasteiger partial charge in [0.15, 0.2) is 0 Å². The number of rotatable bonds is 7. The molecule has 0 radical (unpaired) electrons. The second-order valence-corrected chi connectivity index (χ2v) is 4.89. The van der Waals surface area contributed by atoms with Gasteiger partial charge >= 0.3 is 0 Å². The number of ether oxygens (including phenoxy) is 1. The average Bonchev–Trinajstić information content (AvgIpc) is 2.54. The predicted octanol–water partition coefficient (Wildman–Crippen LogP) is 3.64. The Bertz CT molecular complexity index is 617. The van der Waals surface area contributed by atoms with Crippen LogP contribution in [0.3, 0.4) is 0 Å². The molecule has 0 fully saturated rings. The third-order valence-corrected chi connectivity index (χ3v) is 3.17. The highest BCUT2D eigenvalue weighted by Crippen LogP contribution is 2.19. The first kappa shape index (κ1) is 15.1. The summed E-state index contributed by atoms with van der Waals surface area (Å²) in [4.78, 5) is 0. The largest absolute Gasteiger partial charge is 0.489 e. The first-order valence-corrected chi connectivity index (χ1v) is 7.24. The van der Waals surface area contributed by atoms with Crippen molar-refractivity contribution in [3.05, 3.63) is 65.2 Å². The molecule has 3 nitrogen and oxygen atoms in total. The minimum Gasteiger partial charge on any atom is -0.489 e. The van der Waals surface area contributed by atoms with Crippen LogP contribution in [0.5, 0.6) is 5.75 Å². The number of benzene rings is 2. The molecule has 0 saturated carbocycles. The van der Waals surface area contributed by atoms with E-state index in [1.54, 1.807) is 6.07 Å². The molecule has 3 heteroatoms. The lowest BCUT2D eigenvalue weighted by molar-refractivity contribution is 0.302. The van der Waals surface area contributed by atoms with Crippen LogP contribution in [0.15, 0.2) is 48.5 Å². The molecule has 108 valence electrons. The Morgan fingerprint density at radius 1 is 1.14 bits per heavy atom. The Labute approximate surface area is 126 Å². The molecule has 0 aliphatic rings. The second kappa shape index (κ2) is 8.08. The van der Waals surface area contributed by atoms with Crippen molar-refractivity contribution in [1.82, 2.24) is 5.32 Å². The van der Waals surface area contributed by atoms with E-state index in [1.807, 2.05) is 36.4 Å². The number of para-hydroxylation sites is 1. The third kappa shape index (κ3) is 4.62. The molecular formula is C18H20N2O. The van der Waals surface area contributed by atoms with Gasteiger partial charge in [0, 0.05) is 12.1 Å². The van der Waals surface area contributed by atoms with E-state index in [1.165, 1.54) is 0 Å². The highest BCUT2D eigenvalue weighted by atomic mass is 16.5. The van der Waals surface area contributed by atoms with E-state index >= 15 is 0 Å². The van der Waals surface area contributed by atoms with Crippen LogP contribution >= 0.6 is 0 Å². The van der Waals surface area contributed by atoms with E-state index in [0.29, 0.717) is 12.2 Å². The summed E-state index contributed by atoms with van der Waals surface area (Å²) in [5, 5.41) is 12.3. The van der Waals surface area contributed by atoms with Crippen molar-refractivity contribution in [2.24, 2.45) is 0 Å². The quantitative estimate of drug-likeness (QED) is 0.788. The summed E-state index contributed by atoms with van der Waals surface area (Å²) in [6.45, 7) is 4.43. The highest BCUT2D eigenvalue weighted by Gasteiger charge is 2.03. The Balaban J connectivity index is 2.00. The van der Waals surface area contributed by atoms with Gasteiger partial charge in [-0.3, -0.25) is 0 Å². The first-order chi connectivity index (χ1) is 10.3. The van der Waals surface area contributed by atoms with Crippen LogP contribution in [0.2, 0.25) is 0 Å². The van der Waals surface area contributed by atoms with Crippen LogP contribution in [0, 0.1) is 11.3 Å². The molecule has 0 amide bonds. The lowest BCUT2D eigenvalue weighted by Crippen LogP contribution is -2.14. The van der Waals surface area contributed by atoms with E-state index in [4.69, 9.17) is 10.00 Å². The van der Waals surface area contributed by atoms with Crippen LogP contribution in [0.1, 0.15) is 30.0 Å². The van der Waals surface area contributed by atoms with Crippen LogP contribution < -0.4 is 10.1 Å². The Morgan fingerprint density at radius 3 is 2.81 bits per heavy atom. The van der Waals surface area contributed by atoms with Crippen molar-refractivity contribution in [3.63, 3.8) is 0 Å². The first-order valence-electron chi connectivity index (χ1n) is 7.24. The molecule has 1 N–H and O–H groups in total. The lowest BCUT2D eigenvalue weighted by atomic mass is 10.1. The summed E-state index contributed by atoms with van der Waals surface area (Å²) in [6.07, 6.45) is 1.12. The predicted molar refractivity (Wildman–Crippen MR) is 83.9 cm³/mol. The Kier molecular flexibility index (Phi) is 5.81. The number of hydrogen-bond donors (Lipinski definition) is 1. The fourth-order valence-electron chi connectivity index (χ4n) is 2.08. The molecule has 0 atom stereocenters. The van der Waals surface area contributed by atoms with Crippen molar-refractivity contribution >= 4 is 0 Å². The van der Waals surface area contributed by atoms with E-state index < -0.39 is 0 Å². The van der Waals surface area contributed by atoms with Gasteiger partial charge in [0.2, 0.25) is 0 Å². The molecule has 2 aromatic rings. The fraction of sp³-hybridized carbons (Fsp3) is 0.278. The molecule has 0 aliphatic heterocycles. The normalized spacial score (nSPS) is 10.1. The number of nitrogens with zero attached hydrogens (tertiary/aromatic N) is 1. The van der Waals surface area contributed by atoms with Crippen LogP contribution in [-0.4, -0.2) is 6.54 Å². The Morgan fingerprint density at radius 2 is 2.00 bits per heavy atom. The third-order valence-electron chi connectivity index (χ3n) is 3.17. The number of hydrogen-bond acceptors (Lipinski definition) is 3. The minimum absolute atomic E-state index is 0.473.